The molecule has 0 amide bonds. The maximum atomic E-state index is 12.6. The normalized spacial score (nSPS) is 11.3. The Kier molecular flexibility index (Phi) is 4.02. The van der Waals surface area contributed by atoms with Crippen molar-refractivity contribution in [3.05, 3.63) is 58.8 Å². The Morgan fingerprint density at radius 3 is 2.05 bits per heavy atom. The van der Waals surface area contributed by atoms with E-state index in [9.17, 15) is 4.79 Å². The molecular formula is C18H20N2O. The van der Waals surface area contributed by atoms with E-state index in [0.717, 1.165) is 47.9 Å². The van der Waals surface area contributed by atoms with Crippen LogP contribution in [0.4, 0.5) is 0 Å². The Labute approximate surface area is 124 Å². The summed E-state index contributed by atoms with van der Waals surface area (Å²) in [4.78, 5) is 12.6. The van der Waals surface area contributed by atoms with Crippen molar-refractivity contribution in [3.63, 3.8) is 0 Å². The molecule has 1 heterocycles. The zero-order valence-electron chi connectivity index (χ0n) is 12.3. The van der Waals surface area contributed by atoms with Crippen LogP contribution in [-0.4, -0.2) is 17.7 Å². The van der Waals surface area contributed by atoms with Crippen molar-refractivity contribution in [1.29, 1.82) is 0 Å². The molecule has 1 aromatic heterocycles. The lowest BCUT2D eigenvalue weighted by Gasteiger charge is -2.15. The SMILES string of the molecule is CCCNCCn1c2ccccc2c(=O)c2ccccc21. The summed E-state index contributed by atoms with van der Waals surface area (Å²) in [6, 6.07) is 15.7. The Balaban J connectivity index is 2.18. The molecule has 0 saturated carbocycles. The maximum absolute atomic E-state index is 12.6. The highest BCUT2D eigenvalue weighted by Crippen LogP contribution is 2.18. The zero-order chi connectivity index (χ0) is 14.7. The van der Waals surface area contributed by atoms with Crippen molar-refractivity contribution in [2.45, 2.75) is 19.9 Å². The van der Waals surface area contributed by atoms with Gasteiger partial charge in [0, 0.05) is 23.9 Å². The lowest BCUT2D eigenvalue weighted by molar-refractivity contribution is 0.611. The molecule has 0 unspecified atom stereocenters. The first-order valence-corrected chi connectivity index (χ1v) is 7.54. The van der Waals surface area contributed by atoms with E-state index in [4.69, 9.17) is 0 Å². The summed E-state index contributed by atoms with van der Waals surface area (Å²) in [7, 11) is 0. The van der Waals surface area contributed by atoms with Gasteiger partial charge >= 0.3 is 0 Å². The fourth-order valence-electron chi connectivity index (χ4n) is 2.81. The van der Waals surface area contributed by atoms with Crippen LogP contribution in [0, 0.1) is 0 Å². The van der Waals surface area contributed by atoms with Gasteiger partial charge in [-0.1, -0.05) is 31.2 Å². The summed E-state index contributed by atoms with van der Waals surface area (Å²) in [5.74, 6) is 0. The molecule has 2 aromatic carbocycles. The van der Waals surface area contributed by atoms with Gasteiger partial charge in [-0.3, -0.25) is 4.79 Å². The van der Waals surface area contributed by atoms with Gasteiger partial charge in [-0.15, -0.1) is 0 Å². The van der Waals surface area contributed by atoms with Gasteiger partial charge in [-0.2, -0.15) is 0 Å². The number of aromatic nitrogens is 1. The smallest absolute Gasteiger partial charge is 0.197 e. The first kappa shape index (κ1) is 13.8. The van der Waals surface area contributed by atoms with Gasteiger partial charge in [0.15, 0.2) is 5.43 Å². The highest BCUT2D eigenvalue weighted by Gasteiger charge is 2.09. The van der Waals surface area contributed by atoms with Crippen LogP contribution in [0.15, 0.2) is 53.3 Å². The molecule has 21 heavy (non-hydrogen) atoms. The second-order valence-electron chi connectivity index (χ2n) is 5.27. The number of hydrogen-bond acceptors (Lipinski definition) is 2. The molecule has 108 valence electrons. The fraction of sp³-hybridized carbons (Fsp3) is 0.278. The van der Waals surface area contributed by atoms with E-state index in [1.165, 1.54) is 0 Å². The number of nitrogens with one attached hydrogen (secondary N) is 1. The first-order chi connectivity index (χ1) is 10.3. The van der Waals surface area contributed by atoms with E-state index >= 15 is 0 Å². The Morgan fingerprint density at radius 1 is 0.905 bits per heavy atom. The van der Waals surface area contributed by atoms with Crippen molar-refractivity contribution in [2.75, 3.05) is 13.1 Å². The van der Waals surface area contributed by atoms with Crippen LogP contribution in [0.2, 0.25) is 0 Å². The third-order valence-corrected chi connectivity index (χ3v) is 3.82. The predicted molar refractivity (Wildman–Crippen MR) is 88.9 cm³/mol. The molecule has 3 rings (SSSR count). The van der Waals surface area contributed by atoms with Crippen LogP contribution in [0.1, 0.15) is 13.3 Å². The lowest BCUT2D eigenvalue weighted by Crippen LogP contribution is -2.22. The van der Waals surface area contributed by atoms with Gasteiger partial charge < -0.3 is 9.88 Å². The van der Waals surface area contributed by atoms with Gasteiger partial charge in [0.2, 0.25) is 0 Å². The molecule has 0 aliphatic rings. The summed E-state index contributed by atoms with van der Waals surface area (Å²) in [6.07, 6.45) is 1.13. The topological polar surface area (TPSA) is 34.0 Å². The summed E-state index contributed by atoms with van der Waals surface area (Å²) in [6.45, 7) is 4.96. The molecule has 3 heteroatoms. The average Bonchev–Trinajstić information content (AvgIpc) is 2.54. The number of para-hydroxylation sites is 2. The van der Waals surface area contributed by atoms with E-state index in [1.807, 2.05) is 48.5 Å². The lowest BCUT2D eigenvalue weighted by atomic mass is 10.1. The Hall–Kier alpha value is -2.13. The second kappa shape index (κ2) is 6.10. The summed E-state index contributed by atoms with van der Waals surface area (Å²) in [5.41, 5.74) is 2.15. The molecule has 0 fully saturated rings. The zero-order valence-corrected chi connectivity index (χ0v) is 12.3. The van der Waals surface area contributed by atoms with Gasteiger partial charge in [0.1, 0.15) is 0 Å². The van der Waals surface area contributed by atoms with Crippen molar-refractivity contribution in [3.8, 4) is 0 Å². The van der Waals surface area contributed by atoms with E-state index < -0.39 is 0 Å². The number of hydrogen-bond donors (Lipinski definition) is 1. The highest BCUT2D eigenvalue weighted by atomic mass is 16.1. The quantitative estimate of drug-likeness (QED) is 0.575. The van der Waals surface area contributed by atoms with Crippen LogP contribution in [0.25, 0.3) is 21.8 Å². The van der Waals surface area contributed by atoms with Crippen LogP contribution in [0.5, 0.6) is 0 Å². The molecule has 0 radical (unpaired) electrons. The molecule has 0 saturated heterocycles. The number of rotatable bonds is 5. The molecule has 1 N–H and O–H groups in total. The van der Waals surface area contributed by atoms with Crippen molar-refractivity contribution >= 4 is 21.8 Å². The highest BCUT2D eigenvalue weighted by molar-refractivity contribution is 5.93. The van der Waals surface area contributed by atoms with Crippen LogP contribution >= 0.6 is 0 Å². The van der Waals surface area contributed by atoms with E-state index in [2.05, 4.69) is 16.8 Å². The molecule has 0 spiro atoms. The number of fused-ring (bicyclic) bond motifs is 2. The summed E-state index contributed by atoms with van der Waals surface area (Å²) < 4.78 is 2.24. The predicted octanol–water partition coefficient (Wildman–Crippen LogP) is 3.15. The van der Waals surface area contributed by atoms with Crippen molar-refractivity contribution in [1.82, 2.24) is 9.88 Å². The first-order valence-electron chi connectivity index (χ1n) is 7.54. The molecule has 3 aromatic rings. The van der Waals surface area contributed by atoms with Crippen LogP contribution in [-0.2, 0) is 6.54 Å². The molecule has 3 nitrogen and oxygen atoms in total. The Morgan fingerprint density at radius 2 is 1.48 bits per heavy atom. The number of benzene rings is 2. The molecule has 0 bridgehead atoms. The minimum absolute atomic E-state index is 0.124. The molecule has 0 aliphatic carbocycles. The monoisotopic (exact) mass is 280 g/mol. The maximum Gasteiger partial charge on any atom is 0.197 e. The van der Waals surface area contributed by atoms with Crippen LogP contribution < -0.4 is 10.7 Å². The summed E-state index contributed by atoms with van der Waals surface area (Å²) >= 11 is 0. The van der Waals surface area contributed by atoms with Crippen LogP contribution in [0.3, 0.4) is 0 Å². The standard InChI is InChI=1S/C18H20N2O/c1-2-11-19-12-13-20-16-9-5-3-7-14(16)18(21)15-8-4-6-10-17(15)20/h3-10,19H,2,11-13H2,1H3. The third kappa shape index (κ3) is 2.57. The number of pyridine rings is 1. The van der Waals surface area contributed by atoms with E-state index in [1.54, 1.807) is 0 Å². The largest absolute Gasteiger partial charge is 0.339 e. The second-order valence-corrected chi connectivity index (χ2v) is 5.27. The van der Waals surface area contributed by atoms with E-state index in [-0.39, 0.29) is 5.43 Å². The number of nitrogens with zero attached hydrogens (tertiary/aromatic N) is 1. The Bertz CT molecular complexity index is 760. The van der Waals surface area contributed by atoms with Gasteiger partial charge in [-0.25, -0.2) is 0 Å². The molecular weight excluding hydrogens is 260 g/mol. The van der Waals surface area contributed by atoms with Crippen molar-refractivity contribution in [2.24, 2.45) is 0 Å². The van der Waals surface area contributed by atoms with E-state index in [0.29, 0.717) is 0 Å². The minimum atomic E-state index is 0.124. The minimum Gasteiger partial charge on any atom is -0.339 e. The third-order valence-electron chi connectivity index (χ3n) is 3.82. The van der Waals surface area contributed by atoms with Gasteiger partial charge in [-0.05, 0) is 37.2 Å². The van der Waals surface area contributed by atoms with Gasteiger partial charge in [0.05, 0.1) is 11.0 Å². The molecule has 0 atom stereocenters. The molecule has 0 aliphatic heterocycles. The average molecular weight is 280 g/mol. The fourth-order valence-corrected chi connectivity index (χ4v) is 2.81. The summed E-state index contributed by atoms with van der Waals surface area (Å²) in [5, 5.41) is 5.02. The van der Waals surface area contributed by atoms with Crippen molar-refractivity contribution < 1.29 is 0 Å². The van der Waals surface area contributed by atoms with Gasteiger partial charge in [0.25, 0.3) is 0 Å².